The second-order valence-electron chi connectivity index (χ2n) is 3.68. The zero-order valence-corrected chi connectivity index (χ0v) is 9.40. The molecule has 0 aliphatic carbocycles. The summed E-state index contributed by atoms with van der Waals surface area (Å²) in [7, 11) is 0. The van der Waals surface area contributed by atoms with Gasteiger partial charge in [0.1, 0.15) is 5.82 Å². The SMILES string of the molecule is CCCC(CCC)c1nc(N)nc(N)n1. The predicted octanol–water partition coefficient (Wildman–Crippen LogP) is 1.72. The van der Waals surface area contributed by atoms with Crippen LogP contribution in [-0.2, 0) is 0 Å². The number of nitrogens with two attached hydrogens (primary N) is 2. The van der Waals surface area contributed by atoms with Crippen LogP contribution >= 0.6 is 0 Å². The summed E-state index contributed by atoms with van der Waals surface area (Å²) in [5, 5.41) is 0. The summed E-state index contributed by atoms with van der Waals surface area (Å²) in [6.45, 7) is 4.30. The van der Waals surface area contributed by atoms with Gasteiger partial charge in [0.05, 0.1) is 0 Å². The molecule has 0 atom stereocenters. The van der Waals surface area contributed by atoms with Crippen LogP contribution in [0.3, 0.4) is 0 Å². The van der Waals surface area contributed by atoms with Crippen LogP contribution in [0, 0.1) is 0 Å². The van der Waals surface area contributed by atoms with Crippen molar-refractivity contribution in [1.29, 1.82) is 0 Å². The fourth-order valence-corrected chi connectivity index (χ4v) is 1.71. The van der Waals surface area contributed by atoms with E-state index in [1.165, 1.54) is 0 Å². The van der Waals surface area contributed by atoms with Crippen LogP contribution in [0.25, 0.3) is 0 Å². The molecular weight excluding hydrogens is 190 g/mol. The highest BCUT2D eigenvalue weighted by atomic mass is 15.1. The molecular formula is C10H19N5. The molecule has 5 heteroatoms. The van der Waals surface area contributed by atoms with E-state index in [9.17, 15) is 0 Å². The fourth-order valence-electron chi connectivity index (χ4n) is 1.71. The van der Waals surface area contributed by atoms with Crippen LogP contribution in [-0.4, -0.2) is 15.0 Å². The largest absolute Gasteiger partial charge is 0.368 e. The molecule has 15 heavy (non-hydrogen) atoms. The summed E-state index contributed by atoms with van der Waals surface area (Å²) >= 11 is 0. The average Bonchev–Trinajstić information content (AvgIpc) is 2.16. The third-order valence-corrected chi connectivity index (χ3v) is 2.33. The number of aromatic nitrogens is 3. The second-order valence-corrected chi connectivity index (χ2v) is 3.68. The van der Waals surface area contributed by atoms with Gasteiger partial charge in [-0.25, -0.2) is 0 Å². The van der Waals surface area contributed by atoms with Gasteiger partial charge < -0.3 is 11.5 Å². The molecule has 0 spiro atoms. The Balaban J connectivity index is 2.88. The number of anilines is 2. The molecule has 1 aromatic rings. The quantitative estimate of drug-likeness (QED) is 0.770. The van der Waals surface area contributed by atoms with Gasteiger partial charge in [-0.2, -0.15) is 15.0 Å². The molecule has 0 radical (unpaired) electrons. The van der Waals surface area contributed by atoms with E-state index < -0.39 is 0 Å². The van der Waals surface area contributed by atoms with E-state index in [4.69, 9.17) is 11.5 Å². The van der Waals surface area contributed by atoms with Gasteiger partial charge in [0, 0.05) is 5.92 Å². The zero-order chi connectivity index (χ0) is 11.3. The Bertz CT molecular complexity index is 286. The molecule has 5 nitrogen and oxygen atoms in total. The number of hydrogen-bond donors (Lipinski definition) is 2. The lowest BCUT2D eigenvalue weighted by atomic mass is 9.97. The maximum absolute atomic E-state index is 5.55. The van der Waals surface area contributed by atoms with Gasteiger partial charge in [-0.3, -0.25) is 0 Å². The minimum absolute atomic E-state index is 0.217. The summed E-state index contributed by atoms with van der Waals surface area (Å²) < 4.78 is 0. The maximum atomic E-state index is 5.55. The molecule has 0 fully saturated rings. The van der Waals surface area contributed by atoms with Gasteiger partial charge in [0.15, 0.2) is 0 Å². The first-order valence-corrected chi connectivity index (χ1v) is 5.44. The highest BCUT2D eigenvalue weighted by Gasteiger charge is 2.14. The molecule has 0 aromatic carbocycles. The fraction of sp³-hybridized carbons (Fsp3) is 0.700. The van der Waals surface area contributed by atoms with Crippen molar-refractivity contribution in [1.82, 2.24) is 15.0 Å². The van der Waals surface area contributed by atoms with Crippen LogP contribution in [0.15, 0.2) is 0 Å². The Morgan fingerprint density at radius 3 is 1.80 bits per heavy atom. The molecule has 0 aliphatic rings. The second kappa shape index (κ2) is 5.48. The van der Waals surface area contributed by atoms with E-state index in [1.807, 2.05) is 0 Å². The standard InChI is InChI=1S/C10H19N5/c1-3-5-7(6-4-2)8-13-9(11)15-10(12)14-8/h7H,3-6H2,1-2H3,(H4,11,12,13,14,15). The lowest BCUT2D eigenvalue weighted by Gasteiger charge is -2.13. The third kappa shape index (κ3) is 3.34. The zero-order valence-electron chi connectivity index (χ0n) is 9.40. The van der Waals surface area contributed by atoms with Crippen molar-refractivity contribution < 1.29 is 0 Å². The number of hydrogen-bond acceptors (Lipinski definition) is 5. The summed E-state index contributed by atoms with van der Waals surface area (Å²) in [6, 6.07) is 0. The minimum Gasteiger partial charge on any atom is -0.368 e. The molecule has 0 bridgehead atoms. The van der Waals surface area contributed by atoms with Gasteiger partial charge in [0.2, 0.25) is 11.9 Å². The van der Waals surface area contributed by atoms with Crippen LogP contribution < -0.4 is 11.5 Å². The van der Waals surface area contributed by atoms with Crippen molar-refractivity contribution in [3.63, 3.8) is 0 Å². The van der Waals surface area contributed by atoms with E-state index >= 15 is 0 Å². The van der Waals surface area contributed by atoms with Crippen LogP contribution in [0.1, 0.15) is 51.3 Å². The van der Waals surface area contributed by atoms with E-state index in [1.54, 1.807) is 0 Å². The lowest BCUT2D eigenvalue weighted by Crippen LogP contribution is -2.10. The smallest absolute Gasteiger partial charge is 0.225 e. The lowest BCUT2D eigenvalue weighted by molar-refractivity contribution is 0.533. The maximum Gasteiger partial charge on any atom is 0.225 e. The van der Waals surface area contributed by atoms with Crippen LogP contribution in [0.2, 0.25) is 0 Å². The first-order chi connectivity index (χ1) is 7.17. The Kier molecular flexibility index (Phi) is 4.27. The normalized spacial score (nSPS) is 10.9. The van der Waals surface area contributed by atoms with Gasteiger partial charge in [-0.1, -0.05) is 26.7 Å². The van der Waals surface area contributed by atoms with E-state index in [-0.39, 0.29) is 11.9 Å². The number of rotatable bonds is 5. The van der Waals surface area contributed by atoms with Crippen molar-refractivity contribution in [2.75, 3.05) is 11.5 Å². The van der Waals surface area contributed by atoms with Crippen LogP contribution in [0.5, 0.6) is 0 Å². The van der Waals surface area contributed by atoms with Gasteiger partial charge in [-0.15, -0.1) is 0 Å². The molecule has 1 heterocycles. The van der Waals surface area contributed by atoms with Crippen molar-refractivity contribution in [3.05, 3.63) is 5.82 Å². The van der Waals surface area contributed by atoms with Crippen molar-refractivity contribution in [2.24, 2.45) is 0 Å². The molecule has 84 valence electrons. The average molecular weight is 209 g/mol. The topological polar surface area (TPSA) is 90.7 Å². The Labute approximate surface area is 90.3 Å². The monoisotopic (exact) mass is 209 g/mol. The molecule has 1 aromatic heterocycles. The van der Waals surface area contributed by atoms with Gasteiger partial charge in [-0.05, 0) is 12.8 Å². The Morgan fingerprint density at radius 1 is 0.933 bits per heavy atom. The van der Waals surface area contributed by atoms with E-state index in [0.717, 1.165) is 31.5 Å². The highest BCUT2D eigenvalue weighted by Crippen LogP contribution is 2.23. The Hall–Kier alpha value is -1.39. The predicted molar refractivity (Wildman–Crippen MR) is 61.2 cm³/mol. The molecule has 4 N–H and O–H groups in total. The molecule has 0 amide bonds. The molecule has 0 saturated heterocycles. The first kappa shape index (κ1) is 11.7. The van der Waals surface area contributed by atoms with E-state index in [2.05, 4.69) is 28.8 Å². The molecule has 0 saturated carbocycles. The third-order valence-electron chi connectivity index (χ3n) is 2.33. The Morgan fingerprint density at radius 2 is 1.40 bits per heavy atom. The van der Waals surface area contributed by atoms with Gasteiger partial charge >= 0.3 is 0 Å². The summed E-state index contributed by atoms with van der Waals surface area (Å²) in [4.78, 5) is 12.1. The molecule has 1 rings (SSSR count). The van der Waals surface area contributed by atoms with Crippen LogP contribution in [0.4, 0.5) is 11.9 Å². The summed E-state index contributed by atoms with van der Waals surface area (Å²) in [6.07, 6.45) is 4.35. The van der Waals surface area contributed by atoms with Crippen molar-refractivity contribution in [3.8, 4) is 0 Å². The minimum atomic E-state index is 0.217. The molecule has 0 aliphatic heterocycles. The number of nitrogen functional groups attached to an aromatic ring is 2. The van der Waals surface area contributed by atoms with Crippen molar-refractivity contribution in [2.45, 2.75) is 45.4 Å². The first-order valence-electron chi connectivity index (χ1n) is 5.44. The summed E-state index contributed by atoms with van der Waals surface area (Å²) in [5.74, 6) is 1.53. The van der Waals surface area contributed by atoms with Crippen molar-refractivity contribution >= 4 is 11.9 Å². The number of nitrogens with zero attached hydrogens (tertiary/aromatic N) is 3. The molecule has 0 unspecified atom stereocenters. The highest BCUT2D eigenvalue weighted by molar-refractivity contribution is 5.26. The van der Waals surface area contributed by atoms with Gasteiger partial charge in [0.25, 0.3) is 0 Å². The van der Waals surface area contributed by atoms with E-state index in [0.29, 0.717) is 5.92 Å². The summed E-state index contributed by atoms with van der Waals surface area (Å²) in [5.41, 5.74) is 11.1.